The van der Waals surface area contributed by atoms with Crippen molar-refractivity contribution in [2.75, 3.05) is 19.0 Å². The topological polar surface area (TPSA) is 45.2 Å². The molecule has 1 heterocycles. The van der Waals surface area contributed by atoms with E-state index in [4.69, 9.17) is 0 Å². The van der Waals surface area contributed by atoms with Crippen LogP contribution in [0.1, 0.15) is 48.9 Å². The molecule has 0 aromatic carbocycles. The van der Waals surface area contributed by atoms with Gasteiger partial charge in [-0.3, -0.25) is 4.79 Å². The third kappa shape index (κ3) is 3.94. The molecule has 2 rings (SSSR count). The molecule has 0 bridgehead atoms. The summed E-state index contributed by atoms with van der Waals surface area (Å²) in [6.07, 6.45) is 8.96. The van der Waals surface area contributed by atoms with E-state index in [0.717, 1.165) is 18.7 Å². The Bertz CT molecular complexity index is 423. The minimum absolute atomic E-state index is 0.0254. The lowest BCUT2D eigenvalue weighted by Crippen LogP contribution is -2.34. The number of nitrogens with zero attached hydrogens (tertiary/aromatic N) is 2. The van der Waals surface area contributed by atoms with E-state index in [2.05, 4.69) is 10.3 Å². The van der Waals surface area contributed by atoms with Crippen LogP contribution in [-0.2, 0) is 0 Å². The summed E-state index contributed by atoms with van der Waals surface area (Å²) >= 11 is 0. The van der Waals surface area contributed by atoms with Crippen molar-refractivity contribution in [1.29, 1.82) is 0 Å². The van der Waals surface area contributed by atoms with Crippen molar-refractivity contribution in [1.82, 2.24) is 10.3 Å². The minimum Gasteiger partial charge on any atom is -0.363 e. The largest absolute Gasteiger partial charge is 0.363 e. The van der Waals surface area contributed by atoms with Gasteiger partial charge in [-0.1, -0.05) is 25.7 Å². The van der Waals surface area contributed by atoms with Crippen molar-refractivity contribution in [3.8, 4) is 0 Å². The van der Waals surface area contributed by atoms with Crippen LogP contribution in [0.3, 0.4) is 0 Å². The molecule has 1 saturated carbocycles. The summed E-state index contributed by atoms with van der Waals surface area (Å²) in [6.45, 7) is 0. The first-order valence-corrected chi connectivity index (χ1v) is 7.11. The molecule has 0 unspecified atom stereocenters. The molecule has 0 atom stereocenters. The van der Waals surface area contributed by atoms with Crippen LogP contribution >= 0.6 is 0 Å². The second-order valence-electron chi connectivity index (χ2n) is 5.46. The first-order chi connectivity index (χ1) is 9.16. The molecule has 19 heavy (non-hydrogen) atoms. The quantitative estimate of drug-likeness (QED) is 0.851. The van der Waals surface area contributed by atoms with Gasteiger partial charge in [0.2, 0.25) is 0 Å². The molecule has 0 saturated heterocycles. The van der Waals surface area contributed by atoms with Crippen molar-refractivity contribution < 1.29 is 4.79 Å². The number of anilines is 1. The zero-order chi connectivity index (χ0) is 13.7. The van der Waals surface area contributed by atoms with Crippen LogP contribution in [0.15, 0.2) is 18.3 Å². The molecule has 0 spiro atoms. The van der Waals surface area contributed by atoms with Gasteiger partial charge in [-0.15, -0.1) is 0 Å². The monoisotopic (exact) mass is 261 g/mol. The Labute approximate surface area is 115 Å². The standard InChI is InChI=1S/C15H23N3O/c1-18(2)14-11-12(9-10-16-14)15(19)17-13-7-5-3-4-6-8-13/h9-11,13H,3-8H2,1-2H3,(H,17,19). The number of nitrogens with one attached hydrogen (secondary N) is 1. The lowest BCUT2D eigenvalue weighted by Gasteiger charge is -2.17. The molecule has 1 aromatic heterocycles. The zero-order valence-corrected chi connectivity index (χ0v) is 11.9. The highest BCUT2D eigenvalue weighted by Crippen LogP contribution is 2.18. The van der Waals surface area contributed by atoms with Crippen molar-refractivity contribution in [2.45, 2.75) is 44.6 Å². The highest BCUT2D eigenvalue weighted by Gasteiger charge is 2.16. The zero-order valence-electron chi connectivity index (χ0n) is 11.9. The maximum absolute atomic E-state index is 12.2. The Morgan fingerprint density at radius 2 is 1.95 bits per heavy atom. The molecule has 0 radical (unpaired) electrons. The maximum Gasteiger partial charge on any atom is 0.251 e. The summed E-state index contributed by atoms with van der Waals surface area (Å²) < 4.78 is 0. The Balaban J connectivity index is 2.00. The van der Waals surface area contributed by atoms with E-state index in [0.29, 0.717) is 11.6 Å². The van der Waals surface area contributed by atoms with Crippen LogP contribution in [0, 0.1) is 0 Å². The lowest BCUT2D eigenvalue weighted by molar-refractivity contribution is 0.0933. The second-order valence-corrected chi connectivity index (χ2v) is 5.46. The molecule has 1 N–H and O–H groups in total. The summed E-state index contributed by atoms with van der Waals surface area (Å²) in [7, 11) is 3.85. The van der Waals surface area contributed by atoms with E-state index in [1.807, 2.05) is 25.1 Å². The smallest absolute Gasteiger partial charge is 0.251 e. The van der Waals surface area contributed by atoms with Gasteiger partial charge in [-0.2, -0.15) is 0 Å². The van der Waals surface area contributed by atoms with E-state index in [9.17, 15) is 4.79 Å². The van der Waals surface area contributed by atoms with Crippen molar-refractivity contribution >= 4 is 11.7 Å². The van der Waals surface area contributed by atoms with Crippen LogP contribution < -0.4 is 10.2 Å². The third-order valence-electron chi connectivity index (χ3n) is 3.66. The van der Waals surface area contributed by atoms with Crippen LogP contribution in [0.5, 0.6) is 0 Å². The molecular formula is C15H23N3O. The Hall–Kier alpha value is -1.58. The molecule has 0 aliphatic heterocycles. The van der Waals surface area contributed by atoms with E-state index in [1.165, 1.54) is 25.7 Å². The van der Waals surface area contributed by atoms with Crippen molar-refractivity contribution in [2.24, 2.45) is 0 Å². The normalized spacial score (nSPS) is 16.7. The van der Waals surface area contributed by atoms with Crippen LogP contribution in [0.25, 0.3) is 0 Å². The molecule has 1 aliphatic rings. The molecule has 1 fully saturated rings. The van der Waals surface area contributed by atoms with Gasteiger partial charge in [0.05, 0.1) is 0 Å². The predicted octanol–water partition coefficient (Wildman–Crippen LogP) is 2.60. The summed E-state index contributed by atoms with van der Waals surface area (Å²) in [5.41, 5.74) is 0.697. The Morgan fingerprint density at radius 1 is 1.26 bits per heavy atom. The highest BCUT2D eigenvalue weighted by atomic mass is 16.1. The Kier molecular flexibility index (Phi) is 4.77. The van der Waals surface area contributed by atoms with Crippen molar-refractivity contribution in [3.05, 3.63) is 23.9 Å². The van der Waals surface area contributed by atoms with E-state index in [-0.39, 0.29) is 5.91 Å². The summed E-state index contributed by atoms with van der Waals surface area (Å²) in [6, 6.07) is 3.96. The van der Waals surface area contributed by atoms with E-state index < -0.39 is 0 Å². The molecule has 1 aliphatic carbocycles. The van der Waals surface area contributed by atoms with Crippen LogP contribution in [-0.4, -0.2) is 31.0 Å². The fraction of sp³-hybridized carbons (Fsp3) is 0.600. The molecule has 4 nitrogen and oxygen atoms in total. The van der Waals surface area contributed by atoms with Gasteiger partial charge in [-0.05, 0) is 25.0 Å². The SMILES string of the molecule is CN(C)c1cc(C(=O)NC2CCCCCC2)ccn1. The van der Waals surface area contributed by atoms with Gasteiger partial charge in [0.25, 0.3) is 5.91 Å². The number of carbonyl (C=O) groups excluding carboxylic acids is 1. The fourth-order valence-corrected chi connectivity index (χ4v) is 2.50. The average Bonchev–Trinajstić information content (AvgIpc) is 2.67. The summed E-state index contributed by atoms with van der Waals surface area (Å²) in [4.78, 5) is 18.4. The lowest BCUT2D eigenvalue weighted by atomic mass is 10.1. The number of rotatable bonds is 3. The van der Waals surface area contributed by atoms with Gasteiger partial charge < -0.3 is 10.2 Å². The molecule has 104 valence electrons. The summed E-state index contributed by atoms with van der Waals surface area (Å²) in [5.74, 6) is 0.839. The fourth-order valence-electron chi connectivity index (χ4n) is 2.50. The summed E-state index contributed by atoms with van der Waals surface area (Å²) in [5, 5.41) is 3.16. The third-order valence-corrected chi connectivity index (χ3v) is 3.66. The van der Waals surface area contributed by atoms with Gasteiger partial charge in [0.1, 0.15) is 5.82 Å². The first-order valence-electron chi connectivity index (χ1n) is 7.11. The average molecular weight is 261 g/mol. The number of hydrogen-bond acceptors (Lipinski definition) is 3. The highest BCUT2D eigenvalue weighted by molar-refractivity contribution is 5.95. The first kappa shape index (κ1) is 13.8. The number of pyridine rings is 1. The minimum atomic E-state index is 0.0254. The Morgan fingerprint density at radius 3 is 2.58 bits per heavy atom. The van der Waals surface area contributed by atoms with Gasteiger partial charge in [0, 0.05) is 31.9 Å². The van der Waals surface area contributed by atoms with Gasteiger partial charge in [-0.25, -0.2) is 4.98 Å². The molecule has 1 amide bonds. The van der Waals surface area contributed by atoms with Gasteiger partial charge in [0.15, 0.2) is 0 Å². The molecular weight excluding hydrogens is 238 g/mol. The molecule has 4 heteroatoms. The number of hydrogen-bond donors (Lipinski definition) is 1. The van der Waals surface area contributed by atoms with E-state index >= 15 is 0 Å². The number of carbonyl (C=O) groups is 1. The van der Waals surface area contributed by atoms with Gasteiger partial charge >= 0.3 is 0 Å². The number of amides is 1. The maximum atomic E-state index is 12.2. The van der Waals surface area contributed by atoms with E-state index in [1.54, 1.807) is 12.3 Å². The predicted molar refractivity (Wildman–Crippen MR) is 77.5 cm³/mol. The molecule has 1 aromatic rings. The van der Waals surface area contributed by atoms with Crippen LogP contribution in [0.4, 0.5) is 5.82 Å². The van der Waals surface area contributed by atoms with Crippen LogP contribution in [0.2, 0.25) is 0 Å². The second kappa shape index (κ2) is 6.55. The number of aromatic nitrogens is 1. The van der Waals surface area contributed by atoms with Crippen molar-refractivity contribution in [3.63, 3.8) is 0 Å².